The van der Waals surface area contributed by atoms with E-state index in [0.717, 1.165) is 31.2 Å². The average Bonchev–Trinajstić information content (AvgIpc) is 3.49. The van der Waals surface area contributed by atoms with E-state index in [1.807, 2.05) is 62.6 Å². The van der Waals surface area contributed by atoms with Crippen LogP contribution in [-0.4, -0.2) is 38.8 Å². The van der Waals surface area contributed by atoms with Crippen LogP contribution in [0, 0.1) is 11.8 Å². The number of hydrogen-bond donors (Lipinski definition) is 1. The summed E-state index contributed by atoms with van der Waals surface area (Å²) in [5.74, 6) is 2.20. The summed E-state index contributed by atoms with van der Waals surface area (Å²) < 4.78 is 9.64. The largest absolute Gasteiger partial charge is 0.374 e. The topological polar surface area (TPSA) is 70.9 Å². The molecule has 0 saturated carbocycles. The number of nitrogens with zero attached hydrogens (tertiary/aromatic N) is 4. The highest BCUT2D eigenvalue weighted by molar-refractivity contribution is 5.11. The summed E-state index contributed by atoms with van der Waals surface area (Å²) >= 11 is 0. The van der Waals surface area contributed by atoms with Crippen LogP contribution in [0.15, 0.2) is 30.9 Å². The Morgan fingerprint density at radius 3 is 1.80 bits per heavy atom. The smallest absolute Gasteiger partial charge is 0.0774 e. The first-order valence-electron chi connectivity index (χ1n) is 13.9. The SMILES string of the molecule is CC.CC.CC(C)CC(CC(C)C)c1cnn(C)c1.CCCC(Cn1cccn1)OC(C)C.CN. The zero-order chi connectivity index (χ0) is 27.8. The molecule has 0 aliphatic heterocycles. The maximum atomic E-state index is 5.80. The molecule has 1 atom stereocenters. The fourth-order valence-electron chi connectivity index (χ4n) is 3.68. The molecule has 35 heavy (non-hydrogen) atoms. The first kappa shape index (κ1) is 37.9. The van der Waals surface area contributed by atoms with E-state index >= 15 is 0 Å². The second-order valence-corrected chi connectivity index (χ2v) is 9.23. The molecule has 6 nitrogen and oxygen atoms in total. The number of aryl methyl sites for hydroxylation is 1. The Morgan fingerprint density at radius 2 is 1.46 bits per heavy atom. The number of ether oxygens (including phenoxy) is 1. The van der Waals surface area contributed by atoms with Gasteiger partial charge in [0.2, 0.25) is 0 Å². The van der Waals surface area contributed by atoms with Crippen LogP contribution in [0.25, 0.3) is 0 Å². The fraction of sp³-hybridized carbons (Fsp3) is 0.793. The monoisotopic (exact) mass is 495 g/mol. The molecule has 0 radical (unpaired) electrons. The summed E-state index contributed by atoms with van der Waals surface area (Å²) in [4.78, 5) is 0. The van der Waals surface area contributed by atoms with Gasteiger partial charge in [-0.1, -0.05) is 68.7 Å². The molecule has 0 fully saturated rings. The Labute approximate surface area is 219 Å². The second-order valence-electron chi connectivity index (χ2n) is 9.23. The lowest BCUT2D eigenvalue weighted by molar-refractivity contribution is -0.00824. The predicted molar refractivity (Wildman–Crippen MR) is 155 cm³/mol. The van der Waals surface area contributed by atoms with Crippen molar-refractivity contribution < 1.29 is 4.74 Å². The van der Waals surface area contributed by atoms with Gasteiger partial charge in [-0.3, -0.25) is 9.36 Å². The van der Waals surface area contributed by atoms with Crippen molar-refractivity contribution in [2.45, 2.75) is 127 Å². The van der Waals surface area contributed by atoms with Crippen molar-refractivity contribution in [1.29, 1.82) is 0 Å². The van der Waals surface area contributed by atoms with Crippen molar-refractivity contribution in [3.8, 4) is 0 Å². The van der Waals surface area contributed by atoms with E-state index in [4.69, 9.17) is 4.74 Å². The Balaban J connectivity index is -0.000000482. The molecule has 0 bridgehead atoms. The highest BCUT2D eigenvalue weighted by atomic mass is 16.5. The minimum absolute atomic E-state index is 0.292. The van der Waals surface area contributed by atoms with Gasteiger partial charge in [0.15, 0.2) is 0 Å². The molecule has 0 amide bonds. The van der Waals surface area contributed by atoms with Gasteiger partial charge in [0, 0.05) is 25.6 Å². The molecule has 0 aliphatic carbocycles. The normalized spacial score (nSPS) is 11.0. The summed E-state index contributed by atoms with van der Waals surface area (Å²) in [5.41, 5.74) is 5.90. The van der Waals surface area contributed by atoms with Gasteiger partial charge in [-0.2, -0.15) is 10.2 Å². The Morgan fingerprint density at radius 1 is 0.914 bits per heavy atom. The molecule has 2 aromatic rings. The van der Waals surface area contributed by atoms with E-state index in [9.17, 15) is 0 Å². The van der Waals surface area contributed by atoms with Crippen LogP contribution >= 0.6 is 0 Å². The van der Waals surface area contributed by atoms with Crippen LogP contribution < -0.4 is 5.73 Å². The summed E-state index contributed by atoms with van der Waals surface area (Å²) in [6, 6.07) is 1.94. The van der Waals surface area contributed by atoms with Crippen LogP contribution in [-0.2, 0) is 18.3 Å². The molecule has 0 spiro atoms. The highest BCUT2D eigenvalue weighted by Crippen LogP contribution is 2.29. The van der Waals surface area contributed by atoms with Crippen molar-refractivity contribution >= 4 is 0 Å². The minimum atomic E-state index is 0.292. The zero-order valence-corrected chi connectivity index (χ0v) is 25.6. The molecule has 6 heteroatoms. The van der Waals surface area contributed by atoms with Gasteiger partial charge in [0.05, 0.1) is 24.9 Å². The lowest BCUT2D eigenvalue weighted by Crippen LogP contribution is -2.23. The van der Waals surface area contributed by atoms with E-state index in [1.54, 1.807) is 6.20 Å². The Hall–Kier alpha value is -1.66. The lowest BCUT2D eigenvalue weighted by atomic mass is 9.86. The van der Waals surface area contributed by atoms with Crippen molar-refractivity contribution in [2.24, 2.45) is 24.6 Å². The average molecular weight is 496 g/mol. The van der Waals surface area contributed by atoms with Crippen LogP contribution in [0.3, 0.4) is 0 Å². The van der Waals surface area contributed by atoms with Crippen LogP contribution in [0.5, 0.6) is 0 Å². The van der Waals surface area contributed by atoms with Gasteiger partial charge in [-0.05, 0) is 69.5 Å². The zero-order valence-electron chi connectivity index (χ0n) is 25.6. The third kappa shape index (κ3) is 21.4. The summed E-state index contributed by atoms with van der Waals surface area (Å²) in [6.45, 7) is 24.4. The first-order chi connectivity index (χ1) is 16.7. The Bertz CT molecular complexity index is 625. The van der Waals surface area contributed by atoms with E-state index in [2.05, 4.69) is 70.6 Å². The quantitative estimate of drug-likeness (QED) is 0.347. The second kappa shape index (κ2) is 25.4. The van der Waals surface area contributed by atoms with Crippen molar-refractivity contribution in [2.75, 3.05) is 7.05 Å². The number of nitrogens with two attached hydrogens (primary N) is 1. The first-order valence-corrected chi connectivity index (χ1v) is 13.9. The standard InChI is InChI=1S/C13H24N2.C11H20N2O.2C2H6.CH5N/c1-10(2)6-12(7-11(3)4)13-8-14-15(5)9-13;1-4-6-11(14-10(2)3)9-13-8-5-7-12-13;3*1-2/h8-12H,6-7H2,1-5H3;5,7-8,10-11H,4,6,9H2,1-3H3;2*1-2H3;2H2,1H3. The van der Waals surface area contributed by atoms with E-state index in [0.29, 0.717) is 18.1 Å². The molecule has 2 aromatic heterocycles. The molecule has 2 N–H and O–H groups in total. The molecule has 208 valence electrons. The third-order valence-corrected chi connectivity index (χ3v) is 4.73. The van der Waals surface area contributed by atoms with Gasteiger partial charge < -0.3 is 10.5 Å². The van der Waals surface area contributed by atoms with E-state index in [1.165, 1.54) is 25.5 Å². The number of rotatable bonds is 11. The van der Waals surface area contributed by atoms with Crippen molar-refractivity contribution in [3.05, 3.63) is 36.4 Å². The number of aromatic nitrogens is 4. The lowest BCUT2D eigenvalue weighted by Gasteiger charge is -2.19. The maximum Gasteiger partial charge on any atom is 0.0774 e. The number of hydrogen-bond acceptors (Lipinski definition) is 4. The molecule has 1 unspecified atom stereocenters. The van der Waals surface area contributed by atoms with Crippen LogP contribution in [0.2, 0.25) is 0 Å². The molecular weight excluding hydrogens is 434 g/mol. The van der Waals surface area contributed by atoms with Crippen LogP contribution in [0.4, 0.5) is 0 Å². The van der Waals surface area contributed by atoms with Gasteiger partial charge in [-0.25, -0.2) is 0 Å². The van der Waals surface area contributed by atoms with Crippen molar-refractivity contribution in [3.63, 3.8) is 0 Å². The van der Waals surface area contributed by atoms with Crippen molar-refractivity contribution in [1.82, 2.24) is 19.6 Å². The fourth-order valence-corrected chi connectivity index (χ4v) is 3.68. The van der Waals surface area contributed by atoms with Gasteiger partial charge in [0.1, 0.15) is 0 Å². The molecule has 0 aliphatic rings. The maximum absolute atomic E-state index is 5.80. The summed E-state index contributed by atoms with van der Waals surface area (Å²) in [5, 5.41) is 8.45. The van der Waals surface area contributed by atoms with Gasteiger partial charge >= 0.3 is 0 Å². The Kier molecular flexibility index (Phi) is 27.5. The molecule has 0 saturated heterocycles. The third-order valence-electron chi connectivity index (χ3n) is 4.73. The highest BCUT2D eigenvalue weighted by Gasteiger charge is 2.16. The van der Waals surface area contributed by atoms with Gasteiger partial charge in [-0.15, -0.1) is 0 Å². The molecule has 0 aromatic carbocycles. The molecule has 2 rings (SSSR count). The van der Waals surface area contributed by atoms with E-state index < -0.39 is 0 Å². The van der Waals surface area contributed by atoms with E-state index in [-0.39, 0.29) is 0 Å². The predicted octanol–water partition coefficient (Wildman–Crippen LogP) is 7.70. The summed E-state index contributed by atoms with van der Waals surface area (Å²) in [7, 11) is 3.49. The van der Waals surface area contributed by atoms with Crippen LogP contribution in [0.1, 0.15) is 113 Å². The summed E-state index contributed by atoms with van der Waals surface area (Å²) in [6.07, 6.45) is 13.3. The molecular formula is C29H61N5O. The molecule has 2 heterocycles. The van der Waals surface area contributed by atoms with Gasteiger partial charge in [0.25, 0.3) is 0 Å². The minimum Gasteiger partial charge on any atom is -0.374 e.